The van der Waals surface area contributed by atoms with E-state index in [-0.39, 0.29) is 5.91 Å². The fourth-order valence-corrected chi connectivity index (χ4v) is 3.16. The van der Waals surface area contributed by atoms with Crippen molar-refractivity contribution in [3.8, 4) is 0 Å². The summed E-state index contributed by atoms with van der Waals surface area (Å²) >= 11 is 12.1. The number of carbonyl (C=O) groups is 1. The Labute approximate surface area is 162 Å². The van der Waals surface area contributed by atoms with E-state index in [1.807, 2.05) is 30.3 Å². The van der Waals surface area contributed by atoms with Crippen LogP contribution in [0.25, 0.3) is 0 Å². The Morgan fingerprint density at radius 1 is 1.12 bits per heavy atom. The van der Waals surface area contributed by atoms with E-state index in [9.17, 15) is 4.79 Å². The highest BCUT2D eigenvalue weighted by molar-refractivity contribution is 6.35. The van der Waals surface area contributed by atoms with Gasteiger partial charge >= 0.3 is 0 Å². The van der Waals surface area contributed by atoms with Gasteiger partial charge in [0.2, 0.25) is 5.91 Å². The van der Waals surface area contributed by atoms with E-state index in [1.54, 1.807) is 35.7 Å². The number of carbonyl (C=O) groups excluding carboxylic acids is 1. The van der Waals surface area contributed by atoms with E-state index in [0.29, 0.717) is 36.0 Å². The van der Waals surface area contributed by atoms with Crippen molar-refractivity contribution < 1.29 is 9.21 Å². The standard InChI is InChI=1S/C20H18Cl2N2O2/c21-17-7-5-16(19(22)11-17)6-8-20(25)24(14-18-4-2-10-26-18)13-15-3-1-9-23-12-15/h1-5,7,9-12H,6,8,13-14H2. The first kappa shape index (κ1) is 18.5. The molecule has 3 aromatic rings. The summed E-state index contributed by atoms with van der Waals surface area (Å²) in [5.41, 5.74) is 1.88. The quantitative estimate of drug-likeness (QED) is 0.562. The third-order valence-electron chi connectivity index (χ3n) is 4.00. The van der Waals surface area contributed by atoms with Crippen molar-refractivity contribution in [3.05, 3.63) is 88.1 Å². The zero-order valence-electron chi connectivity index (χ0n) is 14.1. The third-order valence-corrected chi connectivity index (χ3v) is 4.59. The van der Waals surface area contributed by atoms with Gasteiger partial charge < -0.3 is 9.32 Å². The van der Waals surface area contributed by atoms with E-state index < -0.39 is 0 Å². The number of pyridine rings is 1. The zero-order valence-corrected chi connectivity index (χ0v) is 15.6. The van der Waals surface area contributed by atoms with Gasteiger partial charge in [0.05, 0.1) is 12.8 Å². The summed E-state index contributed by atoms with van der Waals surface area (Å²) in [5, 5.41) is 1.16. The fourth-order valence-electron chi connectivity index (χ4n) is 2.66. The minimum Gasteiger partial charge on any atom is -0.467 e. The molecule has 0 radical (unpaired) electrons. The molecular weight excluding hydrogens is 371 g/mol. The lowest BCUT2D eigenvalue weighted by Crippen LogP contribution is -2.30. The monoisotopic (exact) mass is 388 g/mol. The van der Waals surface area contributed by atoms with Gasteiger partial charge in [0.15, 0.2) is 0 Å². The molecule has 0 atom stereocenters. The fraction of sp³-hybridized carbons (Fsp3) is 0.200. The van der Waals surface area contributed by atoms with Crippen molar-refractivity contribution in [2.75, 3.05) is 0 Å². The summed E-state index contributed by atoms with van der Waals surface area (Å²) in [4.78, 5) is 18.7. The minimum atomic E-state index is 0.0243. The number of nitrogens with zero attached hydrogens (tertiary/aromatic N) is 2. The molecule has 0 aliphatic carbocycles. The van der Waals surface area contributed by atoms with Gasteiger partial charge in [-0.3, -0.25) is 9.78 Å². The molecule has 1 amide bonds. The highest BCUT2D eigenvalue weighted by atomic mass is 35.5. The van der Waals surface area contributed by atoms with Crippen LogP contribution in [-0.4, -0.2) is 15.8 Å². The van der Waals surface area contributed by atoms with E-state index >= 15 is 0 Å². The Bertz CT molecular complexity index is 852. The number of halogens is 2. The van der Waals surface area contributed by atoms with Crippen molar-refractivity contribution in [3.63, 3.8) is 0 Å². The summed E-state index contributed by atoms with van der Waals surface area (Å²) in [6.07, 6.45) is 5.98. The van der Waals surface area contributed by atoms with E-state index in [2.05, 4.69) is 4.98 Å². The van der Waals surface area contributed by atoms with Crippen LogP contribution in [0.2, 0.25) is 10.0 Å². The number of benzene rings is 1. The van der Waals surface area contributed by atoms with E-state index in [1.165, 1.54) is 0 Å². The van der Waals surface area contributed by atoms with Crippen LogP contribution >= 0.6 is 23.2 Å². The molecule has 3 rings (SSSR count). The number of aryl methyl sites for hydroxylation is 1. The molecule has 2 aromatic heterocycles. The van der Waals surface area contributed by atoms with Crippen LogP contribution in [0, 0.1) is 0 Å². The number of rotatable bonds is 7. The predicted octanol–water partition coefficient (Wildman–Crippen LogP) is 5.14. The van der Waals surface area contributed by atoms with Crippen molar-refractivity contribution >= 4 is 29.1 Å². The predicted molar refractivity (Wildman–Crippen MR) is 102 cm³/mol. The molecule has 0 N–H and O–H groups in total. The summed E-state index contributed by atoms with van der Waals surface area (Å²) in [7, 11) is 0. The Balaban J connectivity index is 1.69. The molecule has 0 saturated carbocycles. The van der Waals surface area contributed by atoms with Gasteiger partial charge in [-0.25, -0.2) is 0 Å². The number of aromatic nitrogens is 1. The van der Waals surface area contributed by atoms with Crippen LogP contribution in [-0.2, 0) is 24.3 Å². The maximum absolute atomic E-state index is 12.8. The lowest BCUT2D eigenvalue weighted by atomic mass is 10.1. The Hall–Kier alpha value is -2.30. The molecule has 0 aliphatic heterocycles. The SMILES string of the molecule is O=C(CCc1ccc(Cl)cc1Cl)N(Cc1cccnc1)Cc1ccco1. The van der Waals surface area contributed by atoms with Gasteiger partial charge in [0.25, 0.3) is 0 Å². The molecule has 0 unspecified atom stereocenters. The summed E-state index contributed by atoms with van der Waals surface area (Å²) in [6, 6.07) is 12.8. The molecule has 0 bridgehead atoms. The number of hydrogen-bond acceptors (Lipinski definition) is 3. The van der Waals surface area contributed by atoms with Gasteiger partial charge in [0, 0.05) is 35.4 Å². The van der Waals surface area contributed by atoms with Gasteiger partial charge in [-0.15, -0.1) is 0 Å². The second-order valence-electron chi connectivity index (χ2n) is 5.93. The molecule has 0 fully saturated rings. The normalized spacial score (nSPS) is 10.7. The molecule has 0 aliphatic rings. The van der Waals surface area contributed by atoms with Crippen molar-refractivity contribution in [2.24, 2.45) is 0 Å². The summed E-state index contributed by atoms with van der Waals surface area (Å²) in [6.45, 7) is 0.886. The summed E-state index contributed by atoms with van der Waals surface area (Å²) in [5.74, 6) is 0.767. The second kappa shape index (κ2) is 8.88. The zero-order chi connectivity index (χ0) is 18.4. The third kappa shape index (κ3) is 5.10. The number of furan rings is 1. The van der Waals surface area contributed by atoms with Crippen LogP contribution in [0.15, 0.2) is 65.5 Å². The molecule has 0 saturated heterocycles. The molecule has 4 nitrogen and oxygen atoms in total. The maximum Gasteiger partial charge on any atom is 0.223 e. The lowest BCUT2D eigenvalue weighted by molar-refractivity contribution is -0.132. The molecule has 2 heterocycles. The molecular formula is C20H18Cl2N2O2. The van der Waals surface area contributed by atoms with E-state index in [0.717, 1.165) is 16.9 Å². The molecule has 1 aromatic carbocycles. The van der Waals surface area contributed by atoms with Gasteiger partial charge in [-0.1, -0.05) is 35.3 Å². The van der Waals surface area contributed by atoms with Crippen LogP contribution in [0.1, 0.15) is 23.3 Å². The first-order valence-corrected chi connectivity index (χ1v) is 9.00. The van der Waals surface area contributed by atoms with Gasteiger partial charge in [0.1, 0.15) is 5.76 Å². The van der Waals surface area contributed by atoms with Gasteiger partial charge in [-0.05, 0) is 47.9 Å². The van der Waals surface area contributed by atoms with Crippen molar-refractivity contribution in [1.82, 2.24) is 9.88 Å². The highest BCUT2D eigenvalue weighted by Gasteiger charge is 2.16. The number of hydrogen-bond donors (Lipinski definition) is 0. The smallest absolute Gasteiger partial charge is 0.223 e. The Morgan fingerprint density at radius 3 is 2.69 bits per heavy atom. The average molecular weight is 389 g/mol. The van der Waals surface area contributed by atoms with Crippen LogP contribution in [0.5, 0.6) is 0 Å². The number of amides is 1. The Kier molecular flexibility index (Phi) is 6.31. The topological polar surface area (TPSA) is 46.3 Å². The van der Waals surface area contributed by atoms with Crippen molar-refractivity contribution in [2.45, 2.75) is 25.9 Å². The Morgan fingerprint density at radius 2 is 2.00 bits per heavy atom. The molecule has 26 heavy (non-hydrogen) atoms. The summed E-state index contributed by atoms with van der Waals surface area (Å²) < 4.78 is 5.40. The lowest BCUT2D eigenvalue weighted by Gasteiger charge is -2.22. The van der Waals surface area contributed by atoms with Gasteiger partial charge in [-0.2, -0.15) is 0 Å². The van der Waals surface area contributed by atoms with Crippen molar-refractivity contribution in [1.29, 1.82) is 0 Å². The minimum absolute atomic E-state index is 0.0243. The molecule has 6 heteroatoms. The van der Waals surface area contributed by atoms with Crippen LogP contribution in [0.4, 0.5) is 0 Å². The maximum atomic E-state index is 12.8. The first-order chi connectivity index (χ1) is 12.6. The molecule has 0 spiro atoms. The second-order valence-corrected chi connectivity index (χ2v) is 6.77. The van der Waals surface area contributed by atoms with Crippen LogP contribution < -0.4 is 0 Å². The first-order valence-electron chi connectivity index (χ1n) is 8.25. The van der Waals surface area contributed by atoms with E-state index in [4.69, 9.17) is 27.6 Å². The van der Waals surface area contributed by atoms with Crippen LogP contribution in [0.3, 0.4) is 0 Å². The molecule has 134 valence electrons. The highest BCUT2D eigenvalue weighted by Crippen LogP contribution is 2.22. The largest absolute Gasteiger partial charge is 0.467 e. The average Bonchev–Trinajstić information content (AvgIpc) is 3.14.